The van der Waals surface area contributed by atoms with E-state index in [-0.39, 0.29) is 24.9 Å². The summed E-state index contributed by atoms with van der Waals surface area (Å²) in [6, 6.07) is 6.24. The Morgan fingerprint density at radius 2 is 1.54 bits per heavy atom. The van der Waals surface area contributed by atoms with E-state index in [0.29, 0.717) is 24.5 Å². The number of nitrogens with one attached hydrogen (secondary N) is 4. The smallest absolute Gasteiger partial charge is 0.319 e. The zero-order valence-electron chi connectivity index (χ0n) is 15.3. The molecule has 3 amide bonds. The van der Waals surface area contributed by atoms with Crippen LogP contribution < -0.4 is 21.3 Å². The van der Waals surface area contributed by atoms with Crippen molar-refractivity contribution in [3.63, 3.8) is 0 Å². The van der Waals surface area contributed by atoms with Crippen molar-refractivity contribution >= 4 is 33.2 Å². The van der Waals surface area contributed by atoms with Crippen LogP contribution in [0.2, 0.25) is 0 Å². The van der Waals surface area contributed by atoms with E-state index in [1.54, 1.807) is 24.3 Å². The molecule has 2 rings (SSSR count). The monoisotopic (exact) mass is 382 g/mol. The predicted octanol–water partition coefficient (Wildman–Crippen LogP) is 1.32. The molecule has 1 aromatic rings. The van der Waals surface area contributed by atoms with E-state index in [1.165, 1.54) is 0 Å². The summed E-state index contributed by atoms with van der Waals surface area (Å²) in [5.41, 5.74) is 1.05. The van der Waals surface area contributed by atoms with Crippen LogP contribution in [0.1, 0.15) is 26.7 Å². The number of rotatable bonds is 5. The van der Waals surface area contributed by atoms with Crippen LogP contribution in [-0.2, 0) is 14.6 Å². The van der Waals surface area contributed by atoms with Crippen LogP contribution in [0.4, 0.5) is 16.2 Å². The molecular formula is C17H26N4O4S. The van der Waals surface area contributed by atoms with E-state index in [9.17, 15) is 18.0 Å². The van der Waals surface area contributed by atoms with Crippen molar-refractivity contribution in [2.75, 3.05) is 30.0 Å². The molecule has 1 aliphatic heterocycles. The minimum absolute atomic E-state index is 0.0192. The first-order valence-electron chi connectivity index (χ1n) is 8.53. The number of amides is 3. The number of hydrogen-bond donors (Lipinski definition) is 4. The lowest BCUT2D eigenvalue weighted by molar-refractivity contribution is -0.119. The number of carbonyl (C=O) groups is 2. The van der Waals surface area contributed by atoms with Crippen molar-refractivity contribution < 1.29 is 18.0 Å². The normalized spacial score (nSPS) is 16.8. The molecule has 1 heterocycles. The van der Waals surface area contributed by atoms with Crippen molar-refractivity contribution in [1.82, 2.24) is 10.6 Å². The van der Waals surface area contributed by atoms with Crippen molar-refractivity contribution in [2.24, 2.45) is 0 Å². The lowest BCUT2D eigenvalue weighted by atomic mass is 9.95. The van der Waals surface area contributed by atoms with Gasteiger partial charge in [0.05, 0.1) is 0 Å². The van der Waals surface area contributed by atoms with Crippen molar-refractivity contribution in [2.45, 2.75) is 37.5 Å². The molecule has 0 atom stereocenters. The van der Waals surface area contributed by atoms with Gasteiger partial charge in [0, 0.05) is 23.7 Å². The highest BCUT2D eigenvalue weighted by Crippen LogP contribution is 2.29. The van der Waals surface area contributed by atoms with Gasteiger partial charge in [0.25, 0.3) is 0 Å². The first-order valence-corrected chi connectivity index (χ1v) is 10.4. The summed E-state index contributed by atoms with van der Waals surface area (Å²) < 4.78 is 23.1. The molecule has 26 heavy (non-hydrogen) atoms. The first kappa shape index (κ1) is 20.2. The highest BCUT2D eigenvalue weighted by Gasteiger charge is 2.48. The minimum atomic E-state index is -3.56. The summed E-state index contributed by atoms with van der Waals surface area (Å²) in [6.07, 6.45) is 1.59. The van der Waals surface area contributed by atoms with Crippen LogP contribution in [0.25, 0.3) is 0 Å². The molecule has 0 unspecified atom stereocenters. The van der Waals surface area contributed by atoms with Crippen LogP contribution in [0, 0.1) is 0 Å². The number of carbonyl (C=O) groups excluding carboxylic acids is 2. The molecule has 1 saturated heterocycles. The third-order valence-corrected chi connectivity index (χ3v) is 6.37. The summed E-state index contributed by atoms with van der Waals surface area (Å²) in [5.74, 6) is -0.514. The van der Waals surface area contributed by atoms with Crippen LogP contribution in [0.5, 0.6) is 0 Å². The van der Waals surface area contributed by atoms with Gasteiger partial charge in [-0.25, -0.2) is 13.2 Å². The molecule has 9 heteroatoms. The number of sulfone groups is 1. The number of anilines is 2. The summed E-state index contributed by atoms with van der Waals surface area (Å²) >= 11 is 0. The third kappa shape index (κ3) is 4.73. The molecule has 8 nitrogen and oxygen atoms in total. The highest BCUT2D eigenvalue weighted by atomic mass is 32.2. The van der Waals surface area contributed by atoms with Gasteiger partial charge < -0.3 is 21.3 Å². The average molecular weight is 382 g/mol. The van der Waals surface area contributed by atoms with E-state index < -0.39 is 20.5 Å². The number of benzene rings is 1. The van der Waals surface area contributed by atoms with Crippen LogP contribution in [0.15, 0.2) is 24.3 Å². The maximum absolute atomic E-state index is 12.7. The molecule has 0 spiro atoms. The fourth-order valence-corrected chi connectivity index (χ4v) is 4.24. The summed E-state index contributed by atoms with van der Waals surface area (Å²) in [4.78, 5) is 24.4. The van der Waals surface area contributed by atoms with Crippen LogP contribution in [-0.4, -0.2) is 50.5 Å². The molecule has 144 valence electrons. The van der Waals surface area contributed by atoms with E-state index in [4.69, 9.17) is 0 Å². The molecule has 0 aliphatic carbocycles. The minimum Gasteiger partial charge on any atom is -0.336 e. The van der Waals surface area contributed by atoms with Gasteiger partial charge in [-0.15, -0.1) is 0 Å². The van der Waals surface area contributed by atoms with Crippen molar-refractivity contribution in [3.05, 3.63) is 24.3 Å². The van der Waals surface area contributed by atoms with Crippen molar-refractivity contribution in [3.8, 4) is 0 Å². The summed E-state index contributed by atoms with van der Waals surface area (Å²) in [5, 5.41) is 11.2. The predicted molar refractivity (Wildman–Crippen MR) is 102 cm³/mol. The van der Waals surface area contributed by atoms with Gasteiger partial charge >= 0.3 is 6.03 Å². The number of piperidine rings is 1. The fraction of sp³-hybridized carbons (Fsp3) is 0.529. The van der Waals surface area contributed by atoms with Gasteiger partial charge in [0.2, 0.25) is 5.91 Å². The first-order chi connectivity index (χ1) is 12.1. The lowest BCUT2D eigenvalue weighted by Gasteiger charge is -2.34. The second-order valence-corrected chi connectivity index (χ2v) is 9.13. The Morgan fingerprint density at radius 1 is 1.04 bits per heavy atom. The fourth-order valence-electron chi connectivity index (χ4n) is 2.91. The molecular weight excluding hydrogens is 356 g/mol. The Morgan fingerprint density at radius 3 is 2.00 bits per heavy atom. The summed E-state index contributed by atoms with van der Waals surface area (Å²) in [7, 11) is -3.56. The molecule has 1 aliphatic rings. The second kappa shape index (κ2) is 8.05. The summed E-state index contributed by atoms with van der Waals surface area (Å²) in [6.45, 7) is 4.68. The standard InChI is InChI=1S/C17H26N4O4S/c1-12(2)19-16(23)21-14-6-4-13(5-7-14)20-15(22)17(26(3,24)25)8-10-18-11-9-17/h4-7,12,18H,8-11H2,1-3H3,(H,20,22)(H2,19,21,23). The van der Waals surface area contributed by atoms with Gasteiger partial charge in [-0.1, -0.05) is 0 Å². The Kier molecular flexibility index (Phi) is 6.25. The van der Waals surface area contributed by atoms with E-state index in [1.807, 2.05) is 13.8 Å². The van der Waals surface area contributed by atoms with Crippen LogP contribution >= 0.6 is 0 Å². The highest BCUT2D eigenvalue weighted by molar-refractivity contribution is 7.92. The average Bonchev–Trinajstić information content (AvgIpc) is 2.55. The zero-order valence-corrected chi connectivity index (χ0v) is 16.1. The van der Waals surface area contributed by atoms with Gasteiger partial charge in [-0.05, 0) is 64.0 Å². The van der Waals surface area contributed by atoms with Gasteiger partial charge in [-0.2, -0.15) is 0 Å². The van der Waals surface area contributed by atoms with Gasteiger partial charge in [0.1, 0.15) is 0 Å². The molecule has 4 N–H and O–H groups in total. The van der Waals surface area contributed by atoms with E-state index in [2.05, 4.69) is 21.3 Å². The third-order valence-electron chi connectivity index (χ3n) is 4.36. The SMILES string of the molecule is CC(C)NC(=O)Nc1ccc(NC(=O)C2(S(C)(=O)=O)CCNCC2)cc1. The van der Waals surface area contributed by atoms with E-state index in [0.717, 1.165) is 6.26 Å². The molecule has 1 aromatic carbocycles. The van der Waals surface area contributed by atoms with Gasteiger partial charge in [-0.3, -0.25) is 4.79 Å². The van der Waals surface area contributed by atoms with Gasteiger partial charge in [0.15, 0.2) is 14.6 Å². The number of hydrogen-bond acceptors (Lipinski definition) is 5. The van der Waals surface area contributed by atoms with E-state index >= 15 is 0 Å². The lowest BCUT2D eigenvalue weighted by Crippen LogP contribution is -2.55. The maximum atomic E-state index is 12.7. The largest absolute Gasteiger partial charge is 0.336 e. The van der Waals surface area contributed by atoms with Crippen LogP contribution in [0.3, 0.4) is 0 Å². The molecule has 1 fully saturated rings. The Bertz CT molecular complexity index is 753. The second-order valence-electron chi connectivity index (χ2n) is 6.80. The maximum Gasteiger partial charge on any atom is 0.319 e. The quantitative estimate of drug-likeness (QED) is 0.613. The van der Waals surface area contributed by atoms with Crippen molar-refractivity contribution in [1.29, 1.82) is 0 Å². The zero-order chi connectivity index (χ0) is 19.4. The number of urea groups is 1. The topological polar surface area (TPSA) is 116 Å². The molecule has 0 aromatic heterocycles. The Labute approximate surface area is 154 Å². The molecule has 0 saturated carbocycles. The Hall–Kier alpha value is -2.13. The Balaban J connectivity index is 2.08. The molecule has 0 bridgehead atoms. The molecule has 0 radical (unpaired) electrons.